The largest absolute Gasteiger partial charge is 0.378 e. The number of amides is 1. The van der Waals surface area contributed by atoms with Gasteiger partial charge in [-0.3, -0.25) is 4.79 Å². The normalized spacial score (nSPS) is 27.1. The Bertz CT molecular complexity index is 762. The molecule has 1 saturated carbocycles. The molecule has 0 radical (unpaired) electrons. The summed E-state index contributed by atoms with van der Waals surface area (Å²) in [4.78, 5) is 12.0. The molecule has 9 heteroatoms. The van der Waals surface area contributed by atoms with Crippen molar-refractivity contribution in [2.45, 2.75) is 55.8 Å². The molecule has 3 fully saturated rings. The van der Waals surface area contributed by atoms with Gasteiger partial charge >= 0.3 is 0 Å². The predicted octanol–water partition coefficient (Wildman–Crippen LogP) is 1.32. The highest BCUT2D eigenvalue weighted by Crippen LogP contribution is 2.43. The van der Waals surface area contributed by atoms with Crippen LogP contribution in [0, 0.1) is 11.2 Å². The first-order chi connectivity index (χ1) is 12.7. The van der Waals surface area contributed by atoms with E-state index in [0.29, 0.717) is 19.3 Å². The topological polar surface area (TPSA) is 108 Å². The number of carbonyl (C=O) groups excluding carboxylic acids is 1. The molecule has 0 aromatic heterocycles. The second kappa shape index (κ2) is 7.83. The SMILES string of the molecule is C[C@@H](OCC12CCC(CC1)OC2)[C@H](N)C(=O)NS(=O)(=O)c1ccc(F)cc1. The minimum atomic E-state index is -4.12. The van der Waals surface area contributed by atoms with Gasteiger partial charge in [-0.05, 0) is 56.9 Å². The molecule has 0 spiro atoms. The van der Waals surface area contributed by atoms with Gasteiger partial charge in [-0.1, -0.05) is 0 Å². The second-order valence-electron chi connectivity index (χ2n) is 7.48. The van der Waals surface area contributed by atoms with Crippen LogP contribution in [0.5, 0.6) is 0 Å². The molecule has 2 saturated heterocycles. The van der Waals surface area contributed by atoms with Gasteiger partial charge in [0.25, 0.3) is 15.9 Å². The maximum Gasteiger partial charge on any atom is 0.264 e. The van der Waals surface area contributed by atoms with Gasteiger partial charge in [0.15, 0.2) is 0 Å². The Morgan fingerprint density at radius 2 is 2.00 bits per heavy atom. The monoisotopic (exact) mass is 400 g/mol. The van der Waals surface area contributed by atoms with Crippen molar-refractivity contribution < 1.29 is 27.1 Å². The van der Waals surface area contributed by atoms with Crippen molar-refractivity contribution in [3.63, 3.8) is 0 Å². The van der Waals surface area contributed by atoms with Crippen LogP contribution in [0.2, 0.25) is 0 Å². The highest BCUT2D eigenvalue weighted by molar-refractivity contribution is 7.90. The fraction of sp³-hybridized carbons (Fsp3) is 0.611. The van der Waals surface area contributed by atoms with Crippen molar-refractivity contribution in [3.05, 3.63) is 30.1 Å². The van der Waals surface area contributed by atoms with Crippen molar-refractivity contribution in [2.75, 3.05) is 13.2 Å². The number of fused-ring (bicyclic) bond motifs is 3. The molecule has 1 aromatic carbocycles. The van der Waals surface area contributed by atoms with E-state index < -0.39 is 33.9 Å². The summed E-state index contributed by atoms with van der Waals surface area (Å²) in [5.74, 6) is -1.44. The van der Waals surface area contributed by atoms with Gasteiger partial charge in [-0.15, -0.1) is 0 Å². The van der Waals surface area contributed by atoms with E-state index in [-0.39, 0.29) is 10.3 Å². The lowest BCUT2D eigenvalue weighted by Gasteiger charge is -2.46. The van der Waals surface area contributed by atoms with E-state index >= 15 is 0 Å². The first kappa shape index (κ1) is 20.2. The summed E-state index contributed by atoms with van der Waals surface area (Å²) in [6, 6.07) is 3.01. The zero-order valence-corrected chi connectivity index (χ0v) is 16.0. The molecule has 2 heterocycles. The van der Waals surface area contributed by atoms with E-state index in [1.807, 2.05) is 4.72 Å². The average molecular weight is 400 g/mol. The van der Waals surface area contributed by atoms with Gasteiger partial charge < -0.3 is 15.2 Å². The van der Waals surface area contributed by atoms with Crippen LogP contribution in [0.15, 0.2) is 29.2 Å². The van der Waals surface area contributed by atoms with E-state index in [4.69, 9.17) is 15.2 Å². The van der Waals surface area contributed by atoms with Gasteiger partial charge in [0.1, 0.15) is 11.9 Å². The Morgan fingerprint density at radius 3 is 2.56 bits per heavy atom. The summed E-state index contributed by atoms with van der Waals surface area (Å²) in [6.45, 7) is 2.71. The molecule has 3 N–H and O–H groups in total. The summed E-state index contributed by atoms with van der Waals surface area (Å²) < 4.78 is 50.9. The lowest BCUT2D eigenvalue weighted by Crippen LogP contribution is -2.51. The van der Waals surface area contributed by atoms with Gasteiger partial charge in [0, 0.05) is 5.41 Å². The second-order valence-corrected chi connectivity index (χ2v) is 9.16. The molecule has 1 amide bonds. The van der Waals surface area contributed by atoms with Crippen LogP contribution in [0.3, 0.4) is 0 Å². The maximum absolute atomic E-state index is 12.9. The molecule has 2 atom stereocenters. The molecule has 1 aliphatic carbocycles. The number of nitrogens with one attached hydrogen (secondary N) is 1. The molecule has 2 aliphatic heterocycles. The fourth-order valence-electron chi connectivity index (χ4n) is 3.49. The average Bonchev–Trinajstić information content (AvgIpc) is 2.67. The van der Waals surface area contributed by atoms with E-state index in [1.165, 1.54) is 0 Å². The van der Waals surface area contributed by atoms with E-state index in [2.05, 4.69) is 0 Å². The highest BCUT2D eigenvalue weighted by Gasteiger charge is 2.42. The number of hydrogen-bond acceptors (Lipinski definition) is 6. The Hall–Kier alpha value is -1.55. The smallest absolute Gasteiger partial charge is 0.264 e. The Labute approximate surface area is 158 Å². The number of halogens is 1. The zero-order valence-electron chi connectivity index (χ0n) is 15.2. The van der Waals surface area contributed by atoms with E-state index in [0.717, 1.165) is 49.9 Å². The third-order valence-corrected chi connectivity index (χ3v) is 6.80. The fourth-order valence-corrected chi connectivity index (χ4v) is 4.51. The number of hydrogen-bond donors (Lipinski definition) is 2. The number of sulfonamides is 1. The van der Waals surface area contributed by atoms with Crippen molar-refractivity contribution in [3.8, 4) is 0 Å². The summed E-state index contributed by atoms with van der Waals surface area (Å²) >= 11 is 0. The van der Waals surface area contributed by atoms with Crippen LogP contribution in [0.25, 0.3) is 0 Å². The van der Waals surface area contributed by atoms with Crippen LogP contribution in [-0.4, -0.2) is 45.8 Å². The first-order valence-corrected chi connectivity index (χ1v) is 10.5. The summed E-state index contributed by atoms with van der Waals surface area (Å²) in [7, 11) is -4.12. The number of carbonyl (C=O) groups is 1. The van der Waals surface area contributed by atoms with Gasteiger partial charge in [-0.25, -0.2) is 17.5 Å². The molecule has 3 aliphatic rings. The van der Waals surface area contributed by atoms with Gasteiger partial charge in [0.2, 0.25) is 0 Å². The first-order valence-electron chi connectivity index (χ1n) is 9.02. The molecule has 150 valence electrons. The Balaban J connectivity index is 1.55. The molecule has 7 nitrogen and oxygen atoms in total. The minimum absolute atomic E-state index is 0.0423. The summed E-state index contributed by atoms with van der Waals surface area (Å²) in [5, 5.41) is 0. The van der Waals surface area contributed by atoms with Gasteiger partial charge in [-0.2, -0.15) is 0 Å². The highest BCUT2D eigenvalue weighted by atomic mass is 32.2. The predicted molar refractivity (Wildman–Crippen MR) is 95.8 cm³/mol. The van der Waals surface area contributed by atoms with Crippen LogP contribution in [-0.2, 0) is 24.3 Å². The number of rotatable bonds is 7. The zero-order chi connectivity index (χ0) is 19.7. The molecule has 4 rings (SSSR count). The lowest BCUT2D eigenvalue weighted by molar-refractivity contribution is -0.152. The molecule has 2 bridgehead atoms. The van der Waals surface area contributed by atoms with Crippen molar-refractivity contribution in [2.24, 2.45) is 11.1 Å². The van der Waals surface area contributed by atoms with Crippen molar-refractivity contribution in [1.82, 2.24) is 4.72 Å². The third kappa shape index (κ3) is 4.66. The van der Waals surface area contributed by atoms with E-state index in [1.54, 1.807) is 6.92 Å². The van der Waals surface area contributed by atoms with Crippen LogP contribution >= 0.6 is 0 Å². The Kier molecular flexibility index (Phi) is 5.85. The molecular formula is C18H25FN2O5S. The third-order valence-electron chi connectivity index (χ3n) is 5.44. The minimum Gasteiger partial charge on any atom is -0.378 e. The summed E-state index contributed by atoms with van der Waals surface area (Å²) in [5.41, 5.74) is 5.85. The number of nitrogens with two attached hydrogens (primary N) is 1. The Morgan fingerprint density at radius 1 is 1.37 bits per heavy atom. The number of ether oxygens (including phenoxy) is 2. The van der Waals surface area contributed by atoms with Crippen LogP contribution < -0.4 is 10.5 Å². The van der Waals surface area contributed by atoms with Crippen molar-refractivity contribution >= 4 is 15.9 Å². The van der Waals surface area contributed by atoms with Crippen molar-refractivity contribution in [1.29, 1.82) is 0 Å². The summed E-state index contributed by atoms with van der Waals surface area (Å²) in [6.07, 6.45) is 3.76. The quantitative estimate of drug-likeness (QED) is 0.715. The van der Waals surface area contributed by atoms with Crippen LogP contribution in [0.4, 0.5) is 4.39 Å². The van der Waals surface area contributed by atoms with Crippen LogP contribution in [0.1, 0.15) is 32.6 Å². The molecular weight excluding hydrogens is 375 g/mol. The standard InChI is InChI=1S/C18H25FN2O5S/c1-12(25-10-18-8-6-14(7-9-18)26-11-18)16(20)17(22)21-27(23,24)15-4-2-13(19)3-5-15/h2-5,12,14,16H,6-11,20H2,1H3,(H,21,22)/t12-,14?,16+,18?/m1/s1. The molecule has 0 unspecified atom stereocenters. The lowest BCUT2D eigenvalue weighted by atomic mass is 9.72. The number of benzene rings is 1. The van der Waals surface area contributed by atoms with Gasteiger partial charge in [0.05, 0.1) is 30.3 Å². The molecule has 27 heavy (non-hydrogen) atoms. The van der Waals surface area contributed by atoms with E-state index in [9.17, 15) is 17.6 Å². The maximum atomic E-state index is 12.9. The molecule has 1 aromatic rings.